The number of aryl methyl sites for hydroxylation is 2. The molecule has 1 aliphatic rings. The Labute approximate surface area is 155 Å². The number of carbonyl (C=O) groups excluding carboxylic acids is 2. The summed E-state index contributed by atoms with van der Waals surface area (Å²) in [6.45, 7) is 6.81. The summed E-state index contributed by atoms with van der Waals surface area (Å²) >= 11 is 0. The highest BCUT2D eigenvalue weighted by molar-refractivity contribution is 5.80. The number of benzene rings is 2. The summed E-state index contributed by atoms with van der Waals surface area (Å²) in [5.74, 6) is 0.185. The van der Waals surface area contributed by atoms with Gasteiger partial charge in [0, 0.05) is 25.9 Å². The number of carbonyl (C=O) groups is 2. The second-order valence-electron chi connectivity index (χ2n) is 7.23. The van der Waals surface area contributed by atoms with Crippen LogP contribution in [0, 0.1) is 13.8 Å². The molecule has 2 aromatic carbocycles. The molecular weight excluding hydrogens is 324 g/mol. The van der Waals surface area contributed by atoms with Gasteiger partial charge in [-0.25, -0.2) is 0 Å². The minimum atomic E-state index is -0.0553. The van der Waals surface area contributed by atoms with Crippen LogP contribution in [0.4, 0.5) is 0 Å². The minimum absolute atomic E-state index is 0.0453. The van der Waals surface area contributed by atoms with Crippen molar-refractivity contribution in [1.82, 2.24) is 10.2 Å². The molecule has 4 heteroatoms. The third-order valence-corrected chi connectivity index (χ3v) is 5.17. The molecule has 4 nitrogen and oxygen atoms in total. The van der Waals surface area contributed by atoms with Crippen molar-refractivity contribution in [2.75, 3.05) is 13.1 Å². The van der Waals surface area contributed by atoms with Gasteiger partial charge in [-0.3, -0.25) is 9.59 Å². The van der Waals surface area contributed by atoms with Gasteiger partial charge in [-0.15, -0.1) is 0 Å². The molecule has 2 atom stereocenters. The van der Waals surface area contributed by atoms with Crippen LogP contribution < -0.4 is 5.32 Å². The van der Waals surface area contributed by atoms with Gasteiger partial charge in [0.05, 0.1) is 12.5 Å². The second kappa shape index (κ2) is 7.73. The summed E-state index contributed by atoms with van der Waals surface area (Å²) in [6.07, 6.45) is 0.403. The molecule has 1 heterocycles. The Kier molecular flexibility index (Phi) is 5.40. The normalized spacial score (nSPS) is 19.4. The summed E-state index contributed by atoms with van der Waals surface area (Å²) in [4.78, 5) is 26.4. The van der Waals surface area contributed by atoms with Gasteiger partial charge >= 0.3 is 0 Å². The third-order valence-electron chi connectivity index (χ3n) is 5.17. The second-order valence-corrected chi connectivity index (χ2v) is 7.23. The van der Waals surface area contributed by atoms with Crippen LogP contribution in [0.1, 0.15) is 35.1 Å². The number of likely N-dealkylation sites (tertiary alicyclic amines) is 1. The lowest BCUT2D eigenvalue weighted by Gasteiger charge is -2.19. The lowest BCUT2D eigenvalue weighted by atomic mass is 9.93. The minimum Gasteiger partial charge on any atom is -0.351 e. The van der Waals surface area contributed by atoms with Crippen molar-refractivity contribution in [1.29, 1.82) is 0 Å². The lowest BCUT2D eigenvalue weighted by molar-refractivity contribution is -0.129. The highest BCUT2D eigenvalue weighted by Gasteiger charge is 2.36. The van der Waals surface area contributed by atoms with Crippen LogP contribution in [0.15, 0.2) is 48.5 Å². The van der Waals surface area contributed by atoms with Crippen molar-refractivity contribution in [2.24, 2.45) is 0 Å². The van der Waals surface area contributed by atoms with Crippen LogP contribution in [0.2, 0.25) is 0 Å². The van der Waals surface area contributed by atoms with Crippen molar-refractivity contribution in [3.05, 3.63) is 70.8 Å². The standard InChI is InChI=1S/C22H26N2O2/c1-15-8-10-18(11-9-15)20-13-24(14-21(20)23-17(3)25)22(26)12-19-7-5-4-6-16(19)2/h4-11,20-21H,12-14H2,1-3H3,(H,23,25)/t20-,21+/m0/s1. The summed E-state index contributed by atoms with van der Waals surface area (Å²) in [5.41, 5.74) is 4.57. The van der Waals surface area contributed by atoms with Crippen LogP contribution in [0.5, 0.6) is 0 Å². The Morgan fingerprint density at radius 3 is 2.38 bits per heavy atom. The number of nitrogens with one attached hydrogen (secondary N) is 1. The molecule has 0 radical (unpaired) electrons. The maximum Gasteiger partial charge on any atom is 0.227 e. The van der Waals surface area contributed by atoms with Gasteiger partial charge in [-0.1, -0.05) is 54.1 Å². The quantitative estimate of drug-likeness (QED) is 0.922. The topological polar surface area (TPSA) is 49.4 Å². The Hall–Kier alpha value is -2.62. The summed E-state index contributed by atoms with van der Waals surface area (Å²) in [5, 5.41) is 3.03. The Morgan fingerprint density at radius 2 is 1.73 bits per heavy atom. The first-order chi connectivity index (χ1) is 12.4. The summed E-state index contributed by atoms with van der Waals surface area (Å²) in [6, 6.07) is 16.3. The van der Waals surface area contributed by atoms with Gasteiger partial charge in [-0.05, 0) is 30.5 Å². The highest BCUT2D eigenvalue weighted by Crippen LogP contribution is 2.28. The molecule has 2 aromatic rings. The van der Waals surface area contributed by atoms with Gasteiger partial charge < -0.3 is 10.2 Å². The molecule has 26 heavy (non-hydrogen) atoms. The molecule has 1 aliphatic heterocycles. The van der Waals surface area contributed by atoms with Crippen molar-refractivity contribution in [3.8, 4) is 0 Å². The number of rotatable bonds is 4. The van der Waals surface area contributed by atoms with E-state index in [0.29, 0.717) is 19.5 Å². The smallest absolute Gasteiger partial charge is 0.227 e. The van der Waals surface area contributed by atoms with E-state index in [-0.39, 0.29) is 23.8 Å². The fourth-order valence-corrected chi connectivity index (χ4v) is 3.65. The van der Waals surface area contributed by atoms with E-state index in [1.54, 1.807) is 0 Å². The van der Waals surface area contributed by atoms with Gasteiger partial charge in [0.15, 0.2) is 0 Å². The van der Waals surface area contributed by atoms with E-state index in [1.807, 2.05) is 36.1 Å². The molecule has 1 saturated heterocycles. The Bertz CT molecular complexity index is 798. The molecule has 2 amide bonds. The summed E-state index contributed by atoms with van der Waals surface area (Å²) < 4.78 is 0. The Balaban J connectivity index is 1.77. The van der Waals surface area contributed by atoms with Crippen LogP contribution in [-0.2, 0) is 16.0 Å². The van der Waals surface area contributed by atoms with Crippen molar-refractivity contribution < 1.29 is 9.59 Å². The molecule has 0 saturated carbocycles. The average molecular weight is 350 g/mol. The predicted octanol–water partition coefficient (Wildman–Crippen LogP) is 2.98. The van der Waals surface area contributed by atoms with Crippen molar-refractivity contribution in [2.45, 2.75) is 39.2 Å². The number of nitrogens with zero attached hydrogens (tertiary/aromatic N) is 1. The number of hydrogen-bond acceptors (Lipinski definition) is 2. The molecule has 0 bridgehead atoms. The van der Waals surface area contributed by atoms with Gasteiger partial charge in [0.1, 0.15) is 0 Å². The van der Waals surface area contributed by atoms with E-state index in [1.165, 1.54) is 18.1 Å². The monoisotopic (exact) mass is 350 g/mol. The first kappa shape index (κ1) is 18.2. The van der Waals surface area contributed by atoms with E-state index in [2.05, 4.69) is 36.5 Å². The van der Waals surface area contributed by atoms with Gasteiger partial charge in [0.25, 0.3) is 0 Å². The van der Waals surface area contributed by atoms with Crippen LogP contribution in [-0.4, -0.2) is 35.8 Å². The highest BCUT2D eigenvalue weighted by atomic mass is 16.2. The molecule has 3 rings (SSSR count). The molecule has 0 unspecified atom stereocenters. The van der Waals surface area contributed by atoms with Crippen molar-refractivity contribution in [3.63, 3.8) is 0 Å². The van der Waals surface area contributed by atoms with E-state index >= 15 is 0 Å². The average Bonchev–Trinajstić information content (AvgIpc) is 3.01. The number of hydrogen-bond donors (Lipinski definition) is 1. The van der Waals surface area contributed by atoms with Crippen LogP contribution in [0.3, 0.4) is 0 Å². The van der Waals surface area contributed by atoms with E-state index in [4.69, 9.17) is 0 Å². The van der Waals surface area contributed by atoms with Crippen molar-refractivity contribution >= 4 is 11.8 Å². The van der Waals surface area contributed by atoms with Gasteiger partial charge in [0.2, 0.25) is 11.8 Å². The molecular formula is C22H26N2O2. The fraction of sp³-hybridized carbons (Fsp3) is 0.364. The molecule has 1 N–H and O–H groups in total. The first-order valence-electron chi connectivity index (χ1n) is 9.10. The zero-order valence-corrected chi connectivity index (χ0v) is 15.7. The van der Waals surface area contributed by atoms with Crippen LogP contribution >= 0.6 is 0 Å². The van der Waals surface area contributed by atoms with E-state index in [0.717, 1.165) is 11.1 Å². The fourth-order valence-electron chi connectivity index (χ4n) is 3.65. The SMILES string of the molecule is CC(=O)N[C@@H]1CN(C(=O)Cc2ccccc2C)C[C@H]1c1ccc(C)cc1. The maximum atomic E-state index is 12.8. The maximum absolute atomic E-state index is 12.8. The lowest BCUT2D eigenvalue weighted by Crippen LogP contribution is -2.39. The van der Waals surface area contributed by atoms with E-state index < -0.39 is 0 Å². The third kappa shape index (κ3) is 4.13. The molecule has 136 valence electrons. The zero-order chi connectivity index (χ0) is 18.7. The van der Waals surface area contributed by atoms with Gasteiger partial charge in [-0.2, -0.15) is 0 Å². The van der Waals surface area contributed by atoms with Crippen LogP contribution in [0.25, 0.3) is 0 Å². The molecule has 0 aliphatic carbocycles. The summed E-state index contributed by atoms with van der Waals surface area (Å²) in [7, 11) is 0. The molecule has 1 fully saturated rings. The zero-order valence-electron chi connectivity index (χ0n) is 15.7. The molecule has 0 aromatic heterocycles. The largest absolute Gasteiger partial charge is 0.351 e. The Morgan fingerprint density at radius 1 is 1.04 bits per heavy atom. The first-order valence-corrected chi connectivity index (χ1v) is 9.10. The number of amides is 2. The molecule has 0 spiro atoms. The van der Waals surface area contributed by atoms with E-state index in [9.17, 15) is 9.59 Å². The predicted molar refractivity (Wildman–Crippen MR) is 103 cm³/mol.